The largest absolute Gasteiger partial charge is 0.391 e. The highest BCUT2D eigenvalue weighted by atomic mass is 35.5. The second-order valence-corrected chi connectivity index (χ2v) is 7.97. The molecule has 0 saturated carbocycles. The van der Waals surface area contributed by atoms with E-state index in [9.17, 15) is 9.90 Å². The van der Waals surface area contributed by atoms with Gasteiger partial charge in [0, 0.05) is 34.3 Å². The number of aliphatic hydroxyl groups excluding tert-OH is 1. The number of amides is 1. The molecule has 1 fully saturated rings. The van der Waals surface area contributed by atoms with Gasteiger partial charge >= 0.3 is 0 Å². The van der Waals surface area contributed by atoms with Gasteiger partial charge in [-0.3, -0.25) is 4.79 Å². The van der Waals surface area contributed by atoms with Crippen molar-refractivity contribution in [3.05, 3.63) is 63.6 Å². The standard InChI is InChI=1S/C19H19Cl2NO2S/c20-15-7-8-17(21)18(10-15)25-12-13-3-5-14(6-4-13)19(24)22-9-1-2-16(23)11-22/h3-8,10,16,23H,1-2,9,11-12H2. The van der Waals surface area contributed by atoms with Crippen LogP contribution in [0.2, 0.25) is 10.0 Å². The van der Waals surface area contributed by atoms with Crippen LogP contribution in [0.15, 0.2) is 47.4 Å². The SMILES string of the molecule is O=C(c1ccc(CSc2cc(Cl)ccc2Cl)cc1)N1CCCC(O)C1. The van der Waals surface area contributed by atoms with Gasteiger partial charge in [-0.05, 0) is 48.7 Å². The van der Waals surface area contributed by atoms with Gasteiger partial charge in [0.15, 0.2) is 0 Å². The molecule has 0 aliphatic carbocycles. The molecule has 1 saturated heterocycles. The van der Waals surface area contributed by atoms with E-state index < -0.39 is 6.10 Å². The fourth-order valence-corrected chi connectivity index (χ4v) is 4.26. The van der Waals surface area contributed by atoms with Crippen LogP contribution in [-0.4, -0.2) is 35.1 Å². The Morgan fingerprint density at radius 3 is 2.68 bits per heavy atom. The fourth-order valence-electron chi connectivity index (χ4n) is 2.81. The van der Waals surface area contributed by atoms with Crippen LogP contribution in [0.25, 0.3) is 0 Å². The van der Waals surface area contributed by atoms with Crippen LogP contribution in [0.3, 0.4) is 0 Å². The molecule has 0 radical (unpaired) electrons. The number of aliphatic hydroxyl groups is 1. The molecule has 6 heteroatoms. The Hall–Kier alpha value is -1.20. The third-order valence-corrected chi connectivity index (χ3v) is 5.98. The van der Waals surface area contributed by atoms with Gasteiger partial charge in [0.2, 0.25) is 0 Å². The first kappa shape index (κ1) is 18.6. The van der Waals surface area contributed by atoms with Gasteiger partial charge in [0.25, 0.3) is 5.91 Å². The van der Waals surface area contributed by atoms with Gasteiger partial charge in [-0.1, -0.05) is 35.3 Å². The maximum atomic E-state index is 12.5. The molecule has 1 amide bonds. The topological polar surface area (TPSA) is 40.5 Å². The van der Waals surface area contributed by atoms with Gasteiger partial charge in [-0.25, -0.2) is 0 Å². The molecule has 0 spiro atoms. The summed E-state index contributed by atoms with van der Waals surface area (Å²) in [5, 5.41) is 11.1. The third-order valence-electron chi connectivity index (χ3n) is 4.17. The van der Waals surface area contributed by atoms with Crippen molar-refractivity contribution in [2.45, 2.75) is 29.6 Å². The number of benzene rings is 2. The third kappa shape index (κ3) is 4.91. The maximum Gasteiger partial charge on any atom is 0.253 e. The molecule has 1 unspecified atom stereocenters. The Morgan fingerprint density at radius 1 is 1.20 bits per heavy atom. The molecule has 1 atom stereocenters. The van der Waals surface area contributed by atoms with E-state index in [0.717, 1.165) is 29.1 Å². The molecule has 25 heavy (non-hydrogen) atoms. The summed E-state index contributed by atoms with van der Waals surface area (Å²) in [5.74, 6) is 0.729. The summed E-state index contributed by atoms with van der Waals surface area (Å²) in [6, 6.07) is 13.0. The highest BCUT2D eigenvalue weighted by Gasteiger charge is 2.22. The smallest absolute Gasteiger partial charge is 0.253 e. The number of nitrogens with zero attached hydrogens (tertiary/aromatic N) is 1. The zero-order valence-electron chi connectivity index (χ0n) is 13.6. The summed E-state index contributed by atoms with van der Waals surface area (Å²) in [7, 11) is 0. The van der Waals surface area contributed by atoms with Gasteiger partial charge in [0.1, 0.15) is 0 Å². The average Bonchev–Trinajstić information content (AvgIpc) is 2.62. The summed E-state index contributed by atoms with van der Waals surface area (Å²) < 4.78 is 0. The van der Waals surface area contributed by atoms with Gasteiger partial charge in [-0.2, -0.15) is 0 Å². The van der Waals surface area contributed by atoms with Crippen LogP contribution in [-0.2, 0) is 5.75 Å². The molecular weight excluding hydrogens is 377 g/mol. The Bertz CT molecular complexity index is 752. The number of rotatable bonds is 4. The van der Waals surface area contributed by atoms with E-state index in [1.54, 1.807) is 28.8 Å². The molecular formula is C19H19Cl2NO2S. The van der Waals surface area contributed by atoms with Crippen molar-refractivity contribution in [2.75, 3.05) is 13.1 Å². The number of likely N-dealkylation sites (tertiary alicyclic amines) is 1. The van der Waals surface area contributed by atoms with Gasteiger partial charge < -0.3 is 10.0 Å². The summed E-state index contributed by atoms with van der Waals surface area (Å²) in [5.41, 5.74) is 1.76. The van der Waals surface area contributed by atoms with E-state index >= 15 is 0 Å². The Balaban J connectivity index is 1.62. The number of carbonyl (C=O) groups excluding carboxylic acids is 1. The minimum atomic E-state index is -0.407. The van der Waals surface area contributed by atoms with E-state index in [1.807, 2.05) is 30.3 Å². The van der Waals surface area contributed by atoms with E-state index in [1.165, 1.54) is 0 Å². The summed E-state index contributed by atoms with van der Waals surface area (Å²) >= 11 is 13.8. The fraction of sp³-hybridized carbons (Fsp3) is 0.316. The number of thioether (sulfide) groups is 1. The number of halogens is 2. The quantitative estimate of drug-likeness (QED) is 0.749. The van der Waals surface area contributed by atoms with E-state index in [2.05, 4.69) is 0 Å². The monoisotopic (exact) mass is 395 g/mol. The first-order valence-electron chi connectivity index (χ1n) is 8.17. The molecule has 132 valence electrons. The van der Waals surface area contributed by atoms with Crippen molar-refractivity contribution >= 4 is 40.9 Å². The van der Waals surface area contributed by atoms with Gasteiger partial charge in [0.05, 0.1) is 11.1 Å². The van der Waals surface area contributed by atoms with Crippen LogP contribution in [0.4, 0.5) is 0 Å². The van der Waals surface area contributed by atoms with Crippen LogP contribution in [0, 0.1) is 0 Å². The first-order chi connectivity index (χ1) is 12.0. The van der Waals surface area contributed by atoms with E-state index in [0.29, 0.717) is 28.7 Å². The van der Waals surface area contributed by atoms with Crippen molar-refractivity contribution in [3.8, 4) is 0 Å². The Kier molecular flexibility index (Phi) is 6.29. The van der Waals surface area contributed by atoms with Crippen molar-refractivity contribution in [3.63, 3.8) is 0 Å². The second kappa shape index (κ2) is 8.45. The number of hydrogen-bond donors (Lipinski definition) is 1. The van der Waals surface area contributed by atoms with E-state index in [-0.39, 0.29) is 5.91 Å². The molecule has 1 heterocycles. The zero-order valence-corrected chi connectivity index (χ0v) is 15.9. The Morgan fingerprint density at radius 2 is 1.96 bits per heavy atom. The molecule has 2 aromatic rings. The molecule has 3 rings (SSSR count). The van der Waals surface area contributed by atoms with Crippen LogP contribution < -0.4 is 0 Å². The number of β-amino-alcohol motifs (C(OH)–C–C–N with tert-alkyl or cyclic N) is 1. The number of piperidine rings is 1. The number of carbonyl (C=O) groups is 1. The van der Waals surface area contributed by atoms with Crippen molar-refractivity contribution in [2.24, 2.45) is 0 Å². The summed E-state index contributed by atoms with van der Waals surface area (Å²) in [6.45, 7) is 1.13. The summed E-state index contributed by atoms with van der Waals surface area (Å²) in [4.78, 5) is 15.2. The minimum absolute atomic E-state index is 0.0177. The van der Waals surface area contributed by atoms with Crippen LogP contribution in [0.1, 0.15) is 28.8 Å². The van der Waals surface area contributed by atoms with Crippen molar-refractivity contribution in [1.29, 1.82) is 0 Å². The van der Waals surface area contributed by atoms with Crippen LogP contribution in [0.5, 0.6) is 0 Å². The lowest BCUT2D eigenvalue weighted by Crippen LogP contribution is -2.42. The highest BCUT2D eigenvalue weighted by Crippen LogP contribution is 2.32. The highest BCUT2D eigenvalue weighted by molar-refractivity contribution is 7.98. The lowest BCUT2D eigenvalue weighted by Gasteiger charge is -2.30. The lowest BCUT2D eigenvalue weighted by atomic mass is 10.1. The predicted octanol–water partition coefficient (Wildman–Crippen LogP) is 4.88. The van der Waals surface area contributed by atoms with E-state index in [4.69, 9.17) is 23.2 Å². The van der Waals surface area contributed by atoms with Crippen molar-refractivity contribution in [1.82, 2.24) is 4.90 Å². The first-order valence-corrected chi connectivity index (χ1v) is 9.91. The molecule has 2 aromatic carbocycles. The molecule has 3 nitrogen and oxygen atoms in total. The minimum Gasteiger partial charge on any atom is -0.391 e. The zero-order chi connectivity index (χ0) is 17.8. The van der Waals surface area contributed by atoms with Gasteiger partial charge in [-0.15, -0.1) is 11.8 Å². The Labute approximate surface area is 161 Å². The second-order valence-electron chi connectivity index (χ2n) is 6.11. The normalized spacial score (nSPS) is 17.6. The molecule has 1 aliphatic rings. The lowest BCUT2D eigenvalue weighted by molar-refractivity contribution is 0.0474. The molecule has 0 bridgehead atoms. The molecule has 0 aromatic heterocycles. The average molecular weight is 396 g/mol. The van der Waals surface area contributed by atoms with Crippen LogP contribution >= 0.6 is 35.0 Å². The predicted molar refractivity (Wildman–Crippen MR) is 104 cm³/mol. The maximum absolute atomic E-state index is 12.5. The number of hydrogen-bond acceptors (Lipinski definition) is 3. The van der Waals surface area contributed by atoms with Crippen molar-refractivity contribution < 1.29 is 9.90 Å². The molecule has 1 N–H and O–H groups in total. The summed E-state index contributed by atoms with van der Waals surface area (Å²) in [6.07, 6.45) is 1.21. The molecule has 1 aliphatic heterocycles.